The smallest absolute Gasteiger partial charge is 0.338 e. The van der Waals surface area contributed by atoms with Crippen molar-refractivity contribution in [1.82, 2.24) is 15.0 Å². The van der Waals surface area contributed by atoms with Gasteiger partial charge in [0.25, 0.3) is 5.89 Å². The zero-order valence-electron chi connectivity index (χ0n) is 15.6. The van der Waals surface area contributed by atoms with E-state index in [0.29, 0.717) is 11.7 Å². The second-order valence-electron chi connectivity index (χ2n) is 7.16. The van der Waals surface area contributed by atoms with E-state index in [1.165, 1.54) is 23.1 Å². The summed E-state index contributed by atoms with van der Waals surface area (Å²) in [5.41, 5.74) is 1.18. The maximum absolute atomic E-state index is 13.2. The Labute approximate surface area is 165 Å². The van der Waals surface area contributed by atoms with Crippen LogP contribution in [0, 0.1) is 6.92 Å². The van der Waals surface area contributed by atoms with E-state index in [2.05, 4.69) is 10.1 Å². The van der Waals surface area contributed by atoms with Crippen LogP contribution in [0.2, 0.25) is 0 Å². The number of alkyl halides is 3. The van der Waals surface area contributed by atoms with Gasteiger partial charge in [-0.2, -0.15) is 18.2 Å². The van der Waals surface area contributed by atoms with Crippen LogP contribution in [-0.4, -0.2) is 27.5 Å². The first kappa shape index (κ1) is 19.2. The summed E-state index contributed by atoms with van der Waals surface area (Å²) in [5.74, 6) is 0.204. The van der Waals surface area contributed by atoms with E-state index in [9.17, 15) is 18.0 Å². The van der Waals surface area contributed by atoms with Crippen LogP contribution in [0.1, 0.15) is 34.9 Å². The van der Waals surface area contributed by atoms with E-state index < -0.39 is 11.7 Å². The van der Waals surface area contributed by atoms with Crippen molar-refractivity contribution >= 4 is 5.91 Å². The van der Waals surface area contributed by atoms with E-state index in [4.69, 9.17) is 4.52 Å². The Kier molecular flexibility index (Phi) is 4.86. The average Bonchev–Trinajstić information content (AvgIpc) is 3.29. The second kappa shape index (κ2) is 7.35. The molecule has 29 heavy (non-hydrogen) atoms. The predicted molar refractivity (Wildman–Crippen MR) is 98.7 cm³/mol. The molecule has 0 N–H and O–H groups in total. The maximum Gasteiger partial charge on any atom is 0.416 e. The molecule has 5 nitrogen and oxygen atoms in total. The molecule has 3 aromatic rings. The van der Waals surface area contributed by atoms with Gasteiger partial charge in [-0.1, -0.05) is 41.1 Å². The van der Waals surface area contributed by atoms with Gasteiger partial charge >= 0.3 is 6.18 Å². The van der Waals surface area contributed by atoms with Crippen LogP contribution < -0.4 is 0 Å². The van der Waals surface area contributed by atoms with E-state index in [0.717, 1.165) is 17.2 Å². The highest BCUT2D eigenvalue weighted by molar-refractivity contribution is 5.79. The number of rotatable bonds is 4. The van der Waals surface area contributed by atoms with E-state index in [-0.39, 0.29) is 36.9 Å². The summed E-state index contributed by atoms with van der Waals surface area (Å²) in [5, 5.41) is 3.99. The van der Waals surface area contributed by atoms with Crippen molar-refractivity contribution in [3.8, 4) is 11.5 Å². The first-order valence-corrected chi connectivity index (χ1v) is 9.15. The molecule has 1 atom stereocenters. The number of amides is 1. The van der Waals surface area contributed by atoms with Gasteiger partial charge in [-0.3, -0.25) is 4.79 Å². The number of hydrogen-bond acceptors (Lipinski definition) is 4. The lowest BCUT2D eigenvalue weighted by atomic mass is 10.1. The molecule has 0 bridgehead atoms. The Hall–Kier alpha value is -3.16. The van der Waals surface area contributed by atoms with Gasteiger partial charge in [0, 0.05) is 31.0 Å². The third kappa shape index (κ3) is 4.01. The van der Waals surface area contributed by atoms with Gasteiger partial charge in [-0.05, 0) is 30.7 Å². The highest BCUT2D eigenvalue weighted by Gasteiger charge is 2.37. The minimum Gasteiger partial charge on any atom is -0.338 e. The van der Waals surface area contributed by atoms with Crippen LogP contribution in [0.4, 0.5) is 13.2 Å². The monoisotopic (exact) mass is 401 g/mol. The molecular weight excluding hydrogens is 383 g/mol. The second-order valence-corrected chi connectivity index (χ2v) is 7.16. The number of likely N-dealkylation sites (tertiary alicyclic amines) is 1. The summed E-state index contributed by atoms with van der Waals surface area (Å²) in [4.78, 5) is 18.2. The average molecular weight is 401 g/mol. The fourth-order valence-electron chi connectivity index (χ4n) is 3.53. The number of carbonyl (C=O) groups is 1. The normalized spacial score (nSPS) is 17.2. The molecule has 1 aliphatic heterocycles. The number of benzene rings is 2. The highest BCUT2D eigenvalue weighted by atomic mass is 19.4. The third-order valence-electron chi connectivity index (χ3n) is 4.97. The number of aryl methyl sites for hydroxylation is 1. The molecular formula is C21H18F3N3O2. The standard InChI is InChI=1S/C21H18F3N3O2/c1-13-5-4-7-14(9-13)20-25-19(26-29-20)16-10-18(28)27(12-16)11-15-6-2-3-8-17(15)21(22,23)24/h2-9,16H,10-12H2,1H3. The molecule has 1 amide bonds. The van der Waals surface area contributed by atoms with Crippen LogP contribution in [0.3, 0.4) is 0 Å². The number of hydrogen-bond donors (Lipinski definition) is 0. The van der Waals surface area contributed by atoms with Crippen molar-refractivity contribution in [2.75, 3.05) is 6.54 Å². The van der Waals surface area contributed by atoms with E-state index in [1.54, 1.807) is 0 Å². The molecule has 1 unspecified atom stereocenters. The van der Waals surface area contributed by atoms with Crippen molar-refractivity contribution in [2.24, 2.45) is 0 Å². The molecule has 1 saturated heterocycles. The Morgan fingerprint density at radius 2 is 1.97 bits per heavy atom. The van der Waals surface area contributed by atoms with Gasteiger partial charge in [0.2, 0.25) is 5.91 Å². The first-order chi connectivity index (χ1) is 13.8. The quantitative estimate of drug-likeness (QED) is 0.642. The summed E-state index contributed by atoms with van der Waals surface area (Å²) in [6, 6.07) is 12.9. The molecule has 0 radical (unpaired) electrons. The molecule has 4 rings (SSSR count). The lowest BCUT2D eigenvalue weighted by Gasteiger charge is -2.19. The number of aromatic nitrogens is 2. The molecule has 2 heterocycles. The summed E-state index contributed by atoms with van der Waals surface area (Å²) < 4.78 is 45.0. The zero-order chi connectivity index (χ0) is 20.6. The Bertz CT molecular complexity index is 1050. The molecule has 0 spiro atoms. The fourth-order valence-corrected chi connectivity index (χ4v) is 3.53. The SMILES string of the molecule is Cc1cccc(-c2nc(C3CC(=O)N(Cc4ccccc4C(F)(F)F)C3)no2)c1. The molecule has 1 fully saturated rings. The molecule has 1 aliphatic rings. The predicted octanol–water partition coefficient (Wildman–Crippen LogP) is 4.58. The van der Waals surface area contributed by atoms with Crippen LogP contribution in [0.5, 0.6) is 0 Å². The topological polar surface area (TPSA) is 59.2 Å². The molecule has 0 aliphatic carbocycles. The van der Waals surface area contributed by atoms with Crippen molar-refractivity contribution in [1.29, 1.82) is 0 Å². The fraction of sp³-hybridized carbons (Fsp3) is 0.286. The molecule has 8 heteroatoms. The van der Waals surface area contributed by atoms with Gasteiger partial charge < -0.3 is 9.42 Å². The summed E-state index contributed by atoms with van der Waals surface area (Å²) in [7, 11) is 0. The van der Waals surface area contributed by atoms with E-state index >= 15 is 0 Å². The van der Waals surface area contributed by atoms with Gasteiger partial charge in [0.05, 0.1) is 5.56 Å². The van der Waals surface area contributed by atoms with E-state index in [1.807, 2.05) is 31.2 Å². The van der Waals surface area contributed by atoms with Crippen molar-refractivity contribution in [3.63, 3.8) is 0 Å². The lowest BCUT2D eigenvalue weighted by Crippen LogP contribution is -2.26. The number of nitrogens with zero attached hydrogens (tertiary/aromatic N) is 3. The number of carbonyl (C=O) groups excluding carboxylic acids is 1. The Morgan fingerprint density at radius 1 is 1.17 bits per heavy atom. The minimum atomic E-state index is -4.46. The van der Waals surface area contributed by atoms with Gasteiger partial charge in [0.1, 0.15) is 0 Å². The summed E-state index contributed by atoms with van der Waals surface area (Å²) in [6.07, 6.45) is -4.32. The summed E-state index contributed by atoms with van der Waals surface area (Å²) >= 11 is 0. The van der Waals surface area contributed by atoms with Gasteiger partial charge in [-0.25, -0.2) is 0 Å². The third-order valence-corrected chi connectivity index (χ3v) is 4.97. The zero-order valence-corrected chi connectivity index (χ0v) is 15.6. The van der Waals surface area contributed by atoms with Crippen LogP contribution in [-0.2, 0) is 17.5 Å². The molecule has 0 saturated carbocycles. The summed E-state index contributed by atoms with van der Waals surface area (Å²) in [6.45, 7) is 2.10. The Balaban J connectivity index is 1.51. The van der Waals surface area contributed by atoms with Gasteiger partial charge in [0.15, 0.2) is 5.82 Å². The largest absolute Gasteiger partial charge is 0.416 e. The molecule has 1 aromatic heterocycles. The minimum absolute atomic E-state index is 0.0718. The van der Waals surface area contributed by atoms with Crippen LogP contribution >= 0.6 is 0 Å². The number of halogens is 3. The highest BCUT2D eigenvalue weighted by Crippen LogP contribution is 2.34. The van der Waals surface area contributed by atoms with Crippen LogP contribution in [0.25, 0.3) is 11.5 Å². The molecule has 2 aromatic carbocycles. The van der Waals surface area contributed by atoms with Gasteiger partial charge in [-0.15, -0.1) is 0 Å². The van der Waals surface area contributed by atoms with Crippen LogP contribution in [0.15, 0.2) is 53.1 Å². The van der Waals surface area contributed by atoms with Crippen molar-refractivity contribution in [3.05, 3.63) is 71.0 Å². The molecule has 150 valence electrons. The first-order valence-electron chi connectivity index (χ1n) is 9.15. The lowest BCUT2D eigenvalue weighted by molar-refractivity contribution is -0.139. The van der Waals surface area contributed by atoms with Crippen molar-refractivity contribution in [2.45, 2.75) is 32.0 Å². The van der Waals surface area contributed by atoms with Crippen molar-refractivity contribution < 1.29 is 22.5 Å². The maximum atomic E-state index is 13.2. The Morgan fingerprint density at radius 3 is 2.72 bits per heavy atom.